The second kappa shape index (κ2) is 18.0. The number of aromatic nitrogens is 3. The average Bonchev–Trinajstić information content (AvgIpc) is 4.04. The number of hydrogen-bond donors (Lipinski definition) is 2. The van der Waals surface area contributed by atoms with Crippen LogP contribution in [0.25, 0.3) is 34.0 Å². The van der Waals surface area contributed by atoms with E-state index in [1.54, 1.807) is 54.8 Å². The van der Waals surface area contributed by atoms with E-state index in [1.165, 1.54) is 24.7 Å². The number of carboxylic acid groups (broad SMARTS) is 2. The number of carbonyl (C=O) groups is 3. The molecule has 1 fully saturated rings. The number of rotatable bonds is 14. The Bertz CT molecular complexity index is 2180. The predicted octanol–water partition coefficient (Wildman–Crippen LogP) is 1.89. The monoisotopic (exact) mass is 772 g/mol. The van der Waals surface area contributed by atoms with Gasteiger partial charge < -0.3 is 44.1 Å². The van der Waals surface area contributed by atoms with E-state index in [1.807, 2.05) is 12.1 Å². The fourth-order valence-electron chi connectivity index (χ4n) is 6.71. The minimum absolute atomic E-state index is 0.202. The lowest BCUT2D eigenvalue weighted by atomic mass is 10.1. The van der Waals surface area contributed by atoms with E-state index in [4.69, 9.17) is 24.0 Å². The molecular formula is C41H40N8O8-2. The van der Waals surface area contributed by atoms with Gasteiger partial charge in [-0.3, -0.25) is 29.5 Å². The third-order valence-corrected chi connectivity index (χ3v) is 9.49. The summed E-state index contributed by atoms with van der Waals surface area (Å²) in [5.41, 5.74) is 8.99. The van der Waals surface area contributed by atoms with Gasteiger partial charge in [0.1, 0.15) is 23.0 Å². The molecule has 0 unspecified atom stereocenters. The summed E-state index contributed by atoms with van der Waals surface area (Å²) in [5, 5.41) is 26.8. The summed E-state index contributed by atoms with van der Waals surface area (Å²) in [6, 6.07) is 20.6. The minimum Gasteiger partial charge on any atom is -0.543 e. The molecule has 1 aliphatic rings. The summed E-state index contributed by atoms with van der Waals surface area (Å²) >= 11 is 0. The number of hydrogen-bond acceptors (Lipinski definition) is 15. The molecule has 57 heavy (non-hydrogen) atoms. The highest BCUT2D eigenvalue weighted by Gasteiger charge is 2.21. The van der Waals surface area contributed by atoms with Crippen LogP contribution < -0.4 is 21.3 Å². The summed E-state index contributed by atoms with van der Waals surface area (Å²) in [5.74, 6) is -1.54. The van der Waals surface area contributed by atoms with Crippen LogP contribution in [-0.4, -0.2) is 99.9 Å². The molecule has 0 atom stereocenters. The number of pyridine rings is 3. The number of nitrogens with two attached hydrogens (primary N) is 1. The van der Waals surface area contributed by atoms with Crippen LogP contribution >= 0.6 is 0 Å². The quantitative estimate of drug-likeness (QED) is 0.161. The molecular weight excluding hydrogens is 732 g/mol. The maximum atomic E-state index is 13.1. The Labute approximate surface area is 327 Å². The van der Waals surface area contributed by atoms with Crippen molar-refractivity contribution in [3.05, 3.63) is 126 Å². The number of nitrogens with one attached hydrogen (secondary N) is 1. The topological polar surface area (TPSA) is 223 Å². The first-order chi connectivity index (χ1) is 27.7. The van der Waals surface area contributed by atoms with Crippen molar-refractivity contribution < 1.29 is 37.8 Å². The molecule has 6 aromatic rings. The normalized spacial score (nSPS) is 14.5. The third-order valence-electron chi connectivity index (χ3n) is 9.49. The van der Waals surface area contributed by atoms with E-state index in [2.05, 4.69) is 30.0 Å². The van der Waals surface area contributed by atoms with Gasteiger partial charge in [-0.25, -0.2) is 4.98 Å². The molecule has 7 rings (SSSR count). The highest BCUT2D eigenvalue weighted by atomic mass is 16.4. The summed E-state index contributed by atoms with van der Waals surface area (Å²) in [4.78, 5) is 57.2. The van der Waals surface area contributed by atoms with Crippen molar-refractivity contribution in [1.29, 1.82) is 0 Å². The first-order valence-electron chi connectivity index (χ1n) is 18.4. The van der Waals surface area contributed by atoms with Gasteiger partial charge in [0, 0.05) is 88.7 Å². The van der Waals surface area contributed by atoms with Crippen LogP contribution in [0.4, 0.5) is 0 Å². The largest absolute Gasteiger partial charge is 0.543 e. The molecule has 1 aliphatic heterocycles. The third kappa shape index (κ3) is 10.1. The molecule has 3 N–H and O–H groups in total. The molecule has 0 bridgehead atoms. The van der Waals surface area contributed by atoms with Crippen molar-refractivity contribution in [2.75, 3.05) is 52.4 Å². The molecule has 7 heterocycles. The zero-order valence-electron chi connectivity index (χ0n) is 31.0. The SMILES string of the molecule is NCCNC(=O)c1cc(-c2ccco2)cc(CN2CCN(Cc3cc(-c4ccco4)cc(C(=O)[O-])n3)CCN(Cc3cc(-c4ccco4)cc(C(=O)[O-])n3)CC2)n1. The van der Waals surface area contributed by atoms with E-state index in [-0.39, 0.29) is 29.5 Å². The van der Waals surface area contributed by atoms with Crippen molar-refractivity contribution in [2.45, 2.75) is 19.6 Å². The Kier molecular flexibility index (Phi) is 12.2. The van der Waals surface area contributed by atoms with Crippen molar-refractivity contribution >= 4 is 17.8 Å². The second-order valence-corrected chi connectivity index (χ2v) is 13.6. The van der Waals surface area contributed by atoms with Gasteiger partial charge in [0.05, 0.1) is 59.2 Å². The lowest BCUT2D eigenvalue weighted by molar-refractivity contribution is -0.256. The molecule has 16 heteroatoms. The van der Waals surface area contributed by atoms with Crippen molar-refractivity contribution in [2.24, 2.45) is 5.73 Å². The van der Waals surface area contributed by atoms with E-state index < -0.39 is 11.9 Å². The first kappa shape index (κ1) is 38.8. The van der Waals surface area contributed by atoms with Gasteiger partial charge in [-0.2, -0.15) is 0 Å². The number of aromatic carboxylic acids is 2. The van der Waals surface area contributed by atoms with E-state index >= 15 is 0 Å². The molecule has 1 amide bonds. The lowest BCUT2D eigenvalue weighted by Gasteiger charge is -2.26. The van der Waals surface area contributed by atoms with E-state index in [0.717, 1.165) is 0 Å². The van der Waals surface area contributed by atoms with Crippen molar-refractivity contribution in [1.82, 2.24) is 35.0 Å². The van der Waals surface area contributed by atoms with Gasteiger partial charge in [0.25, 0.3) is 5.91 Å². The fraction of sp³-hybridized carbons (Fsp3) is 0.268. The highest BCUT2D eigenvalue weighted by molar-refractivity contribution is 5.93. The standard InChI is InChI=1S/C41H42N8O8/c42-7-8-43-39(50)33-21-27(36-4-1-15-55-36)18-30(44-33)24-47-9-11-48(25-31-19-28(37-5-2-16-56-37)22-34(45-31)40(51)52)13-14-49(12-10-47)26-32-20-29(38-6-3-17-57-38)23-35(46-32)41(53)54/h1-6,15-23H,7-14,24-26,42H2,(H,43,50)(H,51,52)(H,53,54)/p-2. The Hall–Kier alpha value is -6.46. The van der Waals surface area contributed by atoms with Crippen LogP contribution in [0.3, 0.4) is 0 Å². The van der Waals surface area contributed by atoms with Crippen LogP contribution in [-0.2, 0) is 19.6 Å². The maximum absolute atomic E-state index is 13.1. The predicted molar refractivity (Wildman–Crippen MR) is 202 cm³/mol. The molecule has 0 aromatic carbocycles. The summed E-state index contributed by atoms with van der Waals surface area (Å²) < 4.78 is 16.8. The number of carbonyl (C=O) groups excluding carboxylic acids is 3. The van der Waals surface area contributed by atoms with Crippen LogP contribution in [0, 0.1) is 0 Å². The summed E-state index contributed by atoms with van der Waals surface area (Å²) in [6.45, 7) is 5.03. The van der Waals surface area contributed by atoms with Crippen LogP contribution in [0.15, 0.2) is 105 Å². The van der Waals surface area contributed by atoms with E-state index in [0.29, 0.717) is 117 Å². The van der Waals surface area contributed by atoms with Gasteiger partial charge in [-0.05, 0) is 72.8 Å². The summed E-state index contributed by atoms with van der Waals surface area (Å²) in [6.07, 6.45) is 4.60. The van der Waals surface area contributed by atoms with Gasteiger partial charge in [-0.15, -0.1) is 0 Å². The van der Waals surface area contributed by atoms with E-state index in [9.17, 15) is 24.6 Å². The second-order valence-electron chi connectivity index (χ2n) is 13.6. The van der Waals surface area contributed by atoms with Gasteiger partial charge >= 0.3 is 0 Å². The molecule has 6 aromatic heterocycles. The molecule has 16 nitrogen and oxygen atoms in total. The average molecular weight is 773 g/mol. The molecule has 294 valence electrons. The smallest absolute Gasteiger partial charge is 0.269 e. The minimum atomic E-state index is -1.40. The number of furan rings is 3. The highest BCUT2D eigenvalue weighted by Crippen LogP contribution is 2.25. The zero-order chi connectivity index (χ0) is 39.7. The Morgan fingerprint density at radius 1 is 0.579 bits per heavy atom. The summed E-state index contributed by atoms with van der Waals surface area (Å²) in [7, 11) is 0. The maximum Gasteiger partial charge on any atom is 0.269 e. The number of nitrogens with zero attached hydrogens (tertiary/aromatic N) is 6. The zero-order valence-corrected chi connectivity index (χ0v) is 31.0. The number of carboxylic acids is 2. The molecule has 0 spiro atoms. The van der Waals surface area contributed by atoms with Crippen LogP contribution in [0.2, 0.25) is 0 Å². The number of amides is 1. The fourth-order valence-corrected chi connectivity index (χ4v) is 6.71. The molecule has 1 saturated heterocycles. The first-order valence-corrected chi connectivity index (χ1v) is 18.4. The molecule has 0 saturated carbocycles. The van der Waals surface area contributed by atoms with Crippen molar-refractivity contribution in [3.63, 3.8) is 0 Å². The van der Waals surface area contributed by atoms with Gasteiger partial charge in [0.15, 0.2) is 0 Å². The Morgan fingerprint density at radius 3 is 1.25 bits per heavy atom. The van der Waals surface area contributed by atoms with Crippen LogP contribution in [0.1, 0.15) is 48.5 Å². The van der Waals surface area contributed by atoms with Gasteiger partial charge in [-0.1, -0.05) is 0 Å². The van der Waals surface area contributed by atoms with Crippen LogP contribution in [0.5, 0.6) is 0 Å². The Morgan fingerprint density at radius 2 is 0.930 bits per heavy atom. The van der Waals surface area contributed by atoms with Crippen molar-refractivity contribution in [3.8, 4) is 34.0 Å². The Balaban J connectivity index is 1.19. The molecule has 0 aliphatic carbocycles. The molecule has 0 radical (unpaired) electrons. The lowest BCUT2D eigenvalue weighted by Crippen LogP contribution is -2.36. The van der Waals surface area contributed by atoms with Gasteiger partial charge in [0.2, 0.25) is 0 Å².